The van der Waals surface area contributed by atoms with Crippen molar-refractivity contribution < 1.29 is 4.74 Å². The lowest BCUT2D eigenvalue weighted by atomic mass is 10.2. The summed E-state index contributed by atoms with van der Waals surface area (Å²) in [5.74, 6) is 1.07. The van der Waals surface area contributed by atoms with Crippen LogP contribution in [0.3, 0.4) is 0 Å². The van der Waals surface area contributed by atoms with Crippen molar-refractivity contribution in [3.63, 3.8) is 0 Å². The number of aromatic nitrogens is 4. The van der Waals surface area contributed by atoms with E-state index in [1.165, 1.54) is 10.4 Å². The van der Waals surface area contributed by atoms with E-state index in [0.717, 1.165) is 32.0 Å². The van der Waals surface area contributed by atoms with Crippen LogP contribution in [0.4, 0.5) is 29.1 Å². The van der Waals surface area contributed by atoms with Crippen LogP contribution in [0.1, 0.15) is 0 Å². The van der Waals surface area contributed by atoms with Gasteiger partial charge in [-0.2, -0.15) is 9.67 Å². The lowest BCUT2D eigenvalue weighted by Gasteiger charge is -2.28. The first-order valence-electron chi connectivity index (χ1n) is 8.33. The van der Waals surface area contributed by atoms with E-state index in [1.807, 2.05) is 12.1 Å². The summed E-state index contributed by atoms with van der Waals surface area (Å²) in [6.07, 6.45) is 1.60. The standard InChI is InChI=1S/C17H20N8O/c18-15-11-14(5-6-20-15)25-16(19)22-17(23-25)21-12-1-3-13(4-2-12)24-7-9-26-10-8-24/h1-6,11H,7-10H2,(H2,18,20)(H3,19,21,22,23). The molecule has 3 heterocycles. The highest BCUT2D eigenvalue weighted by Crippen LogP contribution is 2.22. The van der Waals surface area contributed by atoms with Crippen LogP contribution in [0.15, 0.2) is 42.6 Å². The molecule has 26 heavy (non-hydrogen) atoms. The molecule has 1 aromatic carbocycles. The second-order valence-electron chi connectivity index (χ2n) is 5.92. The number of benzene rings is 1. The van der Waals surface area contributed by atoms with Gasteiger partial charge in [0.25, 0.3) is 0 Å². The summed E-state index contributed by atoms with van der Waals surface area (Å²) in [7, 11) is 0. The fraction of sp³-hybridized carbons (Fsp3) is 0.235. The average molecular weight is 352 g/mol. The predicted octanol–water partition coefficient (Wildman–Crippen LogP) is 1.41. The number of hydrogen-bond acceptors (Lipinski definition) is 8. The van der Waals surface area contributed by atoms with Crippen LogP contribution in [0.25, 0.3) is 5.69 Å². The van der Waals surface area contributed by atoms with Crippen LogP contribution in [0.2, 0.25) is 0 Å². The normalized spacial score (nSPS) is 14.4. The molecule has 1 saturated heterocycles. The maximum atomic E-state index is 5.97. The van der Waals surface area contributed by atoms with Gasteiger partial charge in [0.15, 0.2) is 0 Å². The molecule has 3 aromatic rings. The maximum Gasteiger partial charge on any atom is 0.248 e. The molecular formula is C17H20N8O. The van der Waals surface area contributed by atoms with Crippen molar-refractivity contribution >= 4 is 29.1 Å². The zero-order valence-corrected chi connectivity index (χ0v) is 14.2. The number of nitrogen functional groups attached to an aromatic ring is 2. The molecule has 1 fully saturated rings. The smallest absolute Gasteiger partial charge is 0.248 e. The fourth-order valence-electron chi connectivity index (χ4n) is 2.84. The first-order valence-corrected chi connectivity index (χ1v) is 8.33. The minimum Gasteiger partial charge on any atom is -0.384 e. The molecule has 2 aromatic heterocycles. The summed E-state index contributed by atoms with van der Waals surface area (Å²) in [4.78, 5) is 10.5. The van der Waals surface area contributed by atoms with Gasteiger partial charge in [0.05, 0.1) is 18.9 Å². The van der Waals surface area contributed by atoms with Gasteiger partial charge in [-0.15, -0.1) is 5.10 Å². The van der Waals surface area contributed by atoms with Crippen molar-refractivity contribution in [1.29, 1.82) is 0 Å². The quantitative estimate of drug-likeness (QED) is 0.644. The Kier molecular flexibility index (Phi) is 4.28. The van der Waals surface area contributed by atoms with E-state index in [1.54, 1.807) is 18.3 Å². The van der Waals surface area contributed by atoms with Gasteiger partial charge in [-0.25, -0.2) is 4.98 Å². The van der Waals surface area contributed by atoms with Gasteiger partial charge in [0.1, 0.15) is 5.82 Å². The lowest BCUT2D eigenvalue weighted by molar-refractivity contribution is 0.122. The molecule has 0 atom stereocenters. The Hall–Kier alpha value is -3.33. The molecule has 4 rings (SSSR count). The fourth-order valence-corrected chi connectivity index (χ4v) is 2.84. The van der Waals surface area contributed by atoms with Crippen LogP contribution in [0, 0.1) is 0 Å². The van der Waals surface area contributed by atoms with E-state index in [-0.39, 0.29) is 5.95 Å². The van der Waals surface area contributed by atoms with Gasteiger partial charge in [-0.05, 0) is 30.3 Å². The summed E-state index contributed by atoms with van der Waals surface area (Å²) < 4.78 is 6.90. The molecule has 0 aliphatic carbocycles. The number of nitrogens with two attached hydrogens (primary N) is 2. The van der Waals surface area contributed by atoms with Gasteiger partial charge in [0, 0.05) is 36.7 Å². The number of pyridine rings is 1. The largest absolute Gasteiger partial charge is 0.384 e. The van der Waals surface area contributed by atoms with Crippen molar-refractivity contribution in [3.8, 4) is 5.69 Å². The Bertz CT molecular complexity index is 886. The van der Waals surface area contributed by atoms with E-state index in [9.17, 15) is 0 Å². The van der Waals surface area contributed by atoms with E-state index in [4.69, 9.17) is 16.2 Å². The van der Waals surface area contributed by atoms with Gasteiger partial charge in [-0.1, -0.05) is 0 Å². The molecule has 9 heteroatoms. The van der Waals surface area contributed by atoms with Crippen molar-refractivity contribution in [3.05, 3.63) is 42.6 Å². The highest BCUT2D eigenvalue weighted by molar-refractivity contribution is 5.60. The molecule has 0 bridgehead atoms. The van der Waals surface area contributed by atoms with Crippen LogP contribution in [-0.4, -0.2) is 46.1 Å². The number of nitrogens with zero attached hydrogens (tertiary/aromatic N) is 5. The molecular weight excluding hydrogens is 332 g/mol. The average Bonchev–Trinajstić information content (AvgIpc) is 3.03. The maximum absolute atomic E-state index is 5.97. The van der Waals surface area contributed by atoms with Crippen LogP contribution in [-0.2, 0) is 4.74 Å². The van der Waals surface area contributed by atoms with Crippen molar-refractivity contribution in [2.45, 2.75) is 0 Å². The van der Waals surface area contributed by atoms with Crippen molar-refractivity contribution in [2.24, 2.45) is 0 Å². The van der Waals surface area contributed by atoms with E-state index < -0.39 is 0 Å². The molecule has 5 N–H and O–H groups in total. The summed E-state index contributed by atoms with van der Waals surface area (Å²) in [5.41, 5.74) is 14.4. The highest BCUT2D eigenvalue weighted by Gasteiger charge is 2.12. The van der Waals surface area contributed by atoms with E-state index in [0.29, 0.717) is 17.5 Å². The summed E-state index contributed by atoms with van der Waals surface area (Å²) in [6, 6.07) is 11.6. The number of nitrogens with one attached hydrogen (secondary N) is 1. The van der Waals surface area contributed by atoms with Crippen molar-refractivity contribution in [2.75, 3.05) is 48.0 Å². The van der Waals surface area contributed by atoms with Gasteiger partial charge in [-0.3, -0.25) is 0 Å². The molecule has 0 saturated carbocycles. The molecule has 1 aliphatic heterocycles. The van der Waals surface area contributed by atoms with Crippen LogP contribution < -0.4 is 21.7 Å². The Labute approximate surface area is 150 Å². The Morgan fingerprint density at radius 1 is 1.00 bits per heavy atom. The number of ether oxygens (including phenoxy) is 1. The zero-order chi connectivity index (χ0) is 17.9. The third-order valence-corrected chi connectivity index (χ3v) is 4.14. The Morgan fingerprint density at radius 2 is 1.77 bits per heavy atom. The summed E-state index contributed by atoms with van der Waals surface area (Å²) in [6.45, 7) is 3.34. The summed E-state index contributed by atoms with van der Waals surface area (Å²) in [5, 5.41) is 7.55. The van der Waals surface area contributed by atoms with Crippen molar-refractivity contribution in [1.82, 2.24) is 19.7 Å². The molecule has 1 aliphatic rings. The summed E-state index contributed by atoms with van der Waals surface area (Å²) >= 11 is 0. The first-order chi connectivity index (χ1) is 12.7. The topological polar surface area (TPSA) is 120 Å². The molecule has 0 radical (unpaired) electrons. The second kappa shape index (κ2) is 6.89. The zero-order valence-electron chi connectivity index (χ0n) is 14.2. The monoisotopic (exact) mass is 352 g/mol. The second-order valence-corrected chi connectivity index (χ2v) is 5.92. The minimum atomic E-state index is 0.267. The third kappa shape index (κ3) is 3.38. The van der Waals surface area contributed by atoms with Gasteiger partial charge < -0.3 is 26.4 Å². The van der Waals surface area contributed by atoms with Crippen LogP contribution >= 0.6 is 0 Å². The van der Waals surface area contributed by atoms with Gasteiger partial charge in [0.2, 0.25) is 11.9 Å². The minimum absolute atomic E-state index is 0.267. The SMILES string of the molecule is Nc1cc(-n2nc(Nc3ccc(N4CCOCC4)cc3)nc2N)ccn1. The molecule has 0 amide bonds. The van der Waals surface area contributed by atoms with Crippen LogP contribution in [0.5, 0.6) is 0 Å². The molecule has 134 valence electrons. The number of morpholine rings is 1. The third-order valence-electron chi connectivity index (χ3n) is 4.14. The van der Waals surface area contributed by atoms with E-state index >= 15 is 0 Å². The lowest BCUT2D eigenvalue weighted by Crippen LogP contribution is -2.36. The Balaban J connectivity index is 1.50. The first kappa shape index (κ1) is 16.2. The Morgan fingerprint density at radius 3 is 2.50 bits per heavy atom. The highest BCUT2D eigenvalue weighted by atomic mass is 16.5. The predicted molar refractivity (Wildman–Crippen MR) is 101 cm³/mol. The molecule has 9 nitrogen and oxygen atoms in total. The number of hydrogen-bond donors (Lipinski definition) is 3. The molecule has 0 unspecified atom stereocenters. The van der Waals surface area contributed by atoms with E-state index in [2.05, 4.69) is 37.4 Å². The number of anilines is 5. The molecule has 0 spiro atoms. The van der Waals surface area contributed by atoms with Gasteiger partial charge >= 0.3 is 0 Å². The number of rotatable bonds is 4.